The summed E-state index contributed by atoms with van der Waals surface area (Å²) >= 11 is 5.95. The summed E-state index contributed by atoms with van der Waals surface area (Å²) in [7, 11) is 1.76. The summed E-state index contributed by atoms with van der Waals surface area (Å²) in [5.41, 5.74) is 3.35. The van der Waals surface area contributed by atoms with Crippen LogP contribution in [0.5, 0.6) is 5.75 Å². The second-order valence-electron chi connectivity index (χ2n) is 5.41. The van der Waals surface area contributed by atoms with E-state index in [1.807, 2.05) is 56.3 Å². The molecule has 0 aliphatic rings. The zero-order valence-corrected chi connectivity index (χ0v) is 13.9. The van der Waals surface area contributed by atoms with Crippen molar-refractivity contribution in [2.45, 2.75) is 20.4 Å². The third-order valence-corrected chi connectivity index (χ3v) is 3.81. The van der Waals surface area contributed by atoms with E-state index in [1.165, 1.54) is 5.56 Å². The van der Waals surface area contributed by atoms with E-state index in [-0.39, 0.29) is 12.5 Å². The number of carbonyl (C=O) groups excluding carboxylic acids is 1. The SMILES string of the molecule is Cc1ccc(OCC(=O)N(C)Cc2cccc(Cl)c2)cc1C. The van der Waals surface area contributed by atoms with Gasteiger partial charge in [-0.05, 0) is 54.8 Å². The lowest BCUT2D eigenvalue weighted by Crippen LogP contribution is -2.30. The van der Waals surface area contributed by atoms with Crippen LogP contribution in [0.25, 0.3) is 0 Å². The molecule has 0 saturated carbocycles. The Hall–Kier alpha value is -2.00. The Kier molecular flexibility index (Phi) is 5.45. The van der Waals surface area contributed by atoms with Crippen LogP contribution in [0.15, 0.2) is 42.5 Å². The molecule has 0 atom stereocenters. The molecule has 0 unspecified atom stereocenters. The summed E-state index contributed by atoms with van der Waals surface area (Å²) in [6.45, 7) is 4.60. The highest BCUT2D eigenvalue weighted by atomic mass is 35.5. The van der Waals surface area contributed by atoms with Crippen molar-refractivity contribution in [1.29, 1.82) is 0 Å². The van der Waals surface area contributed by atoms with Crippen molar-refractivity contribution in [1.82, 2.24) is 4.90 Å². The van der Waals surface area contributed by atoms with Crippen LogP contribution in [-0.2, 0) is 11.3 Å². The Morgan fingerprint density at radius 1 is 1.14 bits per heavy atom. The number of hydrogen-bond acceptors (Lipinski definition) is 2. The molecule has 2 aromatic carbocycles. The van der Waals surface area contributed by atoms with E-state index in [1.54, 1.807) is 11.9 Å². The molecular weight excluding hydrogens is 298 g/mol. The van der Waals surface area contributed by atoms with Gasteiger partial charge in [0.2, 0.25) is 0 Å². The summed E-state index contributed by atoms with van der Waals surface area (Å²) in [5.74, 6) is 0.644. The van der Waals surface area contributed by atoms with Crippen molar-refractivity contribution in [3.05, 3.63) is 64.2 Å². The molecule has 0 aliphatic carbocycles. The average molecular weight is 318 g/mol. The molecule has 0 aliphatic heterocycles. The van der Waals surface area contributed by atoms with Gasteiger partial charge in [-0.1, -0.05) is 29.8 Å². The Balaban J connectivity index is 1.89. The lowest BCUT2D eigenvalue weighted by molar-refractivity contribution is -0.132. The molecule has 116 valence electrons. The van der Waals surface area contributed by atoms with Crippen LogP contribution < -0.4 is 4.74 Å². The minimum Gasteiger partial charge on any atom is -0.484 e. The predicted octanol–water partition coefficient (Wildman–Crippen LogP) is 3.99. The highest BCUT2D eigenvalue weighted by Gasteiger charge is 2.10. The van der Waals surface area contributed by atoms with E-state index in [4.69, 9.17) is 16.3 Å². The smallest absolute Gasteiger partial charge is 0.260 e. The van der Waals surface area contributed by atoms with Crippen LogP contribution >= 0.6 is 11.6 Å². The van der Waals surface area contributed by atoms with Crippen molar-refractivity contribution in [3.8, 4) is 5.75 Å². The molecule has 1 amide bonds. The van der Waals surface area contributed by atoms with Crippen LogP contribution in [0, 0.1) is 13.8 Å². The second kappa shape index (κ2) is 7.32. The molecule has 0 radical (unpaired) electrons. The number of rotatable bonds is 5. The normalized spacial score (nSPS) is 10.4. The maximum atomic E-state index is 12.1. The largest absolute Gasteiger partial charge is 0.484 e. The zero-order valence-electron chi connectivity index (χ0n) is 13.1. The lowest BCUT2D eigenvalue weighted by atomic mass is 10.1. The van der Waals surface area contributed by atoms with Gasteiger partial charge in [0.05, 0.1) is 0 Å². The highest BCUT2D eigenvalue weighted by molar-refractivity contribution is 6.30. The Morgan fingerprint density at radius 2 is 1.91 bits per heavy atom. The van der Waals surface area contributed by atoms with Crippen molar-refractivity contribution < 1.29 is 9.53 Å². The fourth-order valence-corrected chi connectivity index (χ4v) is 2.27. The van der Waals surface area contributed by atoms with Gasteiger partial charge in [-0.3, -0.25) is 4.79 Å². The van der Waals surface area contributed by atoms with Gasteiger partial charge < -0.3 is 9.64 Å². The molecule has 0 bridgehead atoms. The van der Waals surface area contributed by atoms with Crippen LogP contribution in [0.3, 0.4) is 0 Å². The number of amides is 1. The molecule has 0 heterocycles. The molecule has 2 rings (SSSR count). The molecule has 0 aromatic heterocycles. The standard InChI is InChI=1S/C18H20ClNO2/c1-13-7-8-17(9-14(13)2)22-12-18(21)20(3)11-15-5-4-6-16(19)10-15/h4-10H,11-12H2,1-3H3. The van der Waals surface area contributed by atoms with E-state index in [2.05, 4.69) is 0 Å². The van der Waals surface area contributed by atoms with Gasteiger partial charge >= 0.3 is 0 Å². The average Bonchev–Trinajstić information content (AvgIpc) is 2.48. The fourth-order valence-electron chi connectivity index (χ4n) is 2.06. The first kappa shape index (κ1) is 16.4. The summed E-state index contributed by atoms with van der Waals surface area (Å²) in [6.07, 6.45) is 0. The maximum Gasteiger partial charge on any atom is 0.260 e. The fraction of sp³-hybridized carbons (Fsp3) is 0.278. The van der Waals surface area contributed by atoms with Crippen LogP contribution in [0.4, 0.5) is 0 Å². The van der Waals surface area contributed by atoms with Gasteiger partial charge in [0.15, 0.2) is 6.61 Å². The van der Waals surface area contributed by atoms with Gasteiger partial charge in [0, 0.05) is 18.6 Å². The first-order chi connectivity index (χ1) is 10.5. The quantitative estimate of drug-likeness (QED) is 0.834. The number of halogens is 1. The number of benzene rings is 2. The van der Waals surface area contributed by atoms with E-state index in [0.29, 0.717) is 17.3 Å². The number of likely N-dealkylation sites (N-methyl/N-ethyl adjacent to an activating group) is 1. The molecule has 0 spiro atoms. The summed E-state index contributed by atoms with van der Waals surface area (Å²) < 4.78 is 5.57. The monoisotopic (exact) mass is 317 g/mol. The zero-order chi connectivity index (χ0) is 16.1. The first-order valence-corrected chi connectivity index (χ1v) is 7.52. The number of carbonyl (C=O) groups is 1. The van der Waals surface area contributed by atoms with Crippen LogP contribution in [0.2, 0.25) is 5.02 Å². The molecule has 2 aromatic rings. The van der Waals surface area contributed by atoms with Crippen LogP contribution in [0.1, 0.15) is 16.7 Å². The molecule has 0 fully saturated rings. The van der Waals surface area contributed by atoms with Gasteiger partial charge in [-0.25, -0.2) is 0 Å². The topological polar surface area (TPSA) is 29.5 Å². The Morgan fingerprint density at radius 3 is 2.59 bits per heavy atom. The highest BCUT2D eigenvalue weighted by Crippen LogP contribution is 2.17. The second-order valence-corrected chi connectivity index (χ2v) is 5.85. The molecule has 3 nitrogen and oxygen atoms in total. The van der Waals surface area contributed by atoms with E-state index in [0.717, 1.165) is 11.1 Å². The van der Waals surface area contributed by atoms with E-state index < -0.39 is 0 Å². The van der Waals surface area contributed by atoms with Crippen molar-refractivity contribution in [2.75, 3.05) is 13.7 Å². The molecule has 4 heteroatoms. The number of aryl methyl sites for hydroxylation is 2. The minimum atomic E-state index is -0.0711. The van der Waals surface area contributed by atoms with Crippen molar-refractivity contribution >= 4 is 17.5 Å². The Bertz CT molecular complexity index is 670. The number of ether oxygens (including phenoxy) is 1. The third-order valence-electron chi connectivity index (χ3n) is 3.58. The van der Waals surface area contributed by atoms with Gasteiger partial charge in [0.1, 0.15) is 5.75 Å². The molecular formula is C18H20ClNO2. The summed E-state index contributed by atoms with van der Waals surface area (Å²) in [4.78, 5) is 13.8. The van der Waals surface area contributed by atoms with Crippen molar-refractivity contribution in [2.24, 2.45) is 0 Å². The summed E-state index contributed by atoms with van der Waals surface area (Å²) in [5, 5.41) is 0.671. The Labute approximate surface area is 136 Å². The van der Waals surface area contributed by atoms with Crippen molar-refractivity contribution in [3.63, 3.8) is 0 Å². The number of hydrogen-bond donors (Lipinski definition) is 0. The number of nitrogens with zero attached hydrogens (tertiary/aromatic N) is 1. The van der Waals surface area contributed by atoms with Gasteiger partial charge in [-0.2, -0.15) is 0 Å². The third kappa shape index (κ3) is 4.50. The predicted molar refractivity (Wildman–Crippen MR) is 89.3 cm³/mol. The molecule has 22 heavy (non-hydrogen) atoms. The van der Waals surface area contributed by atoms with Gasteiger partial charge in [0.25, 0.3) is 5.91 Å². The summed E-state index contributed by atoms with van der Waals surface area (Å²) in [6, 6.07) is 13.3. The van der Waals surface area contributed by atoms with Gasteiger partial charge in [-0.15, -0.1) is 0 Å². The molecule has 0 saturated heterocycles. The molecule has 0 N–H and O–H groups in total. The van der Waals surface area contributed by atoms with Crippen LogP contribution in [-0.4, -0.2) is 24.5 Å². The lowest BCUT2D eigenvalue weighted by Gasteiger charge is -2.18. The maximum absolute atomic E-state index is 12.1. The van der Waals surface area contributed by atoms with E-state index >= 15 is 0 Å². The minimum absolute atomic E-state index is 0.0273. The first-order valence-electron chi connectivity index (χ1n) is 7.14. The van der Waals surface area contributed by atoms with E-state index in [9.17, 15) is 4.79 Å².